The smallest absolute Gasteiger partial charge is 0.225 e. The number of nitrogens with zero attached hydrogens (tertiary/aromatic N) is 6. The molecule has 0 radical (unpaired) electrons. The van der Waals surface area contributed by atoms with Gasteiger partial charge in [-0.1, -0.05) is 17.3 Å². The van der Waals surface area contributed by atoms with E-state index in [4.69, 9.17) is 0 Å². The summed E-state index contributed by atoms with van der Waals surface area (Å²) in [5, 5.41) is 12.9. The monoisotopic (exact) mass is 376 g/mol. The number of rotatable bonds is 5. The topological polar surface area (TPSA) is 68.8 Å². The molecular weight excluding hydrogens is 352 g/mol. The lowest BCUT2D eigenvalue weighted by atomic mass is 9.97. The van der Waals surface area contributed by atoms with Gasteiger partial charge in [0.05, 0.1) is 11.9 Å². The first-order chi connectivity index (χ1) is 13.8. The van der Waals surface area contributed by atoms with Gasteiger partial charge in [0.15, 0.2) is 0 Å². The predicted octanol–water partition coefficient (Wildman–Crippen LogP) is 2.78. The summed E-state index contributed by atoms with van der Waals surface area (Å²) >= 11 is 0. The molecule has 1 aliphatic heterocycles. The number of piperidine rings is 1. The van der Waals surface area contributed by atoms with E-state index in [1.807, 2.05) is 52.1 Å². The number of likely N-dealkylation sites (tertiary alicyclic amines) is 1. The molecule has 0 N–H and O–H groups in total. The van der Waals surface area contributed by atoms with Crippen molar-refractivity contribution in [2.45, 2.75) is 32.2 Å². The molecule has 1 atom stereocenters. The van der Waals surface area contributed by atoms with Gasteiger partial charge in [0.2, 0.25) is 5.91 Å². The maximum absolute atomic E-state index is 12.3. The van der Waals surface area contributed by atoms with Crippen LogP contribution in [-0.2, 0) is 11.3 Å². The van der Waals surface area contributed by atoms with Crippen LogP contribution in [0.4, 0.5) is 0 Å². The number of aromatic nitrogens is 5. The summed E-state index contributed by atoms with van der Waals surface area (Å²) in [5.74, 6) is 1.12. The molecule has 7 heteroatoms. The van der Waals surface area contributed by atoms with E-state index in [0.29, 0.717) is 17.7 Å². The summed E-state index contributed by atoms with van der Waals surface area (Å²) in [6.45, 7) is 2.58. The Labute approximate surface area is 164 Å². The van der Waals surface area contributed by atoms with Crippen molar-refractivity contribution < 1.29 is 4.79 Å². The minimum Gasteiger partial charge on any atom is -0.342 e. The van der Waals surface area contributed by atoms with E-state index in [1.165, 1.54) is 0 Å². The summed E-state index contributed by atoms with van der Waals surface area (Å²) in [6, 6.07) is 10.1. The van der Waals surface area contributed by atoms with Crippen LogP contribution >= 0.6 is 0 Å². The normalized spacial score (nSPS) is 19.7. The highest BCUT2D eigenvalue weighted by atomic mass is 16.2. The summed E-state index contributed by atoms with van der Waals surface area (Å²) in [5.41, 5.74) is 2.92. The molecule has 7 nitrogen and oxygen atoms in total. The average molecular weight is 376 g/mol. The summed E-state index contributed by atoms with van der Waals surface area (Å²) in [6.07, 6.45) is 10.1. The lowest BCUT2D eigenvalue weighted by Gasteiger charge is -2.32. The molecule has 0 spiro atoms. The Hall–Kier alpha value is -2.96. The van der Waals surface area contributed by atoms with Gasteiger partial charge in [0, 0.05) is 43.5 Å². The molecule has 1 amide bonds. The Morgan fingerprint density at radius 2 is 2.00 bits per heavy atom. The van der Waals surface area contributed by atoms with Crippen molar-refractivity contribution in [2.75, 3.05) is 13.1 Å². The highest BCUT2D eigenvalue weighted by Gasteiger charge is 2.35. The van der Waals surface area contributed by atoms with Gasteiger partial charge in [-0.3, -0.25) is 9.48 Å². The van der Waals surface area contributed by atoms with Gasteiger partial charge in [-0.25, -0.2) is 4.68 Å². The van der Waals surface area contributed by atoms with Crippen LogP contribution < -0.4 is 0 Å². The van der Waals surface area contributed by atoms with E-state index < -0.39 is 0 Å². The van der Waals surface area contributed by atoms with Gasteiger partial charge >= 0.3 is 0 Å². The number of benzene rings is 1. The zero-order valence-electron chi connectivity index (χ0n) is 15.8. The minimum atomic E-state index is 0.307. The standard InChI is InChI=1S/C21H24N6O/c28-21(18-4-5-18)25-11-1-3-16(13-25)14-26-15-20(23-24-26)17-6-8-19(9-7-17)27-12-2-10-22-27/h2,6-10,12,15-16,18H,1,3-5,11,13-14H2/t16-/m0/s1. The molecule has 1 saturated heterocycles. The Kier molecular flexibility index (Phi) is 4.43. The highest BCUT2D eigenvalue weighted by Crippen LogP contribution is 2.32. The van der Waals surface area contributed by atoms with Crippen LogP contribution in [0.5, 0.6) is 0 Å². The van der Waals surface area contributed by atoms with E-state index >= 15 is 0 Å². The fourth-order valence-electron chi connectivity index (χ4n) is 3.99. The van der Waals surface area contributed by atoms with E-state index in [2.05, 4.69) is 20.3 Å². The quantitative estimate of drug-likeness (QED) is 0.687. The zero-order chi connectivity index (χ0) is 18.9. The number of hydrogen-bond donors (Lipinski definition) is 0. The van der Waals surface area contributed by atoms with Gasteiger partial charge in [-0.2, -0.15) is 5.10 Å². The average Bonchev–Trinajstić information content (AvgIpc) is 3.23. The van der Waals surface area contributed by atoms with E-state index in [1.54, 1.807) is 6.20 Å². The van der Waals surface area contributed by atoms with Crippen molar-refractivity contribution in [3.8, 4) is 16.9 Å². The van der Waals surface area contributed by atoms with Crippen LogP contribution in [0.15, 0.2) is 48.9 Å². The maximum atomic E-state index is 12.3. The van der Waals surface area contributed by atoms with Crippen molar-refractivity contribution in [3.05, 3.63) is 48.9 Å². The van der Waals surface area contributed by atoms with Crippen LogP contribution in [0, 0.1) is 11.8 Å². The maximum Gasteiger partial charge on any atom is 0.225 e. The van der Waals surface area contributed by atoms with Crippen molar-refractivity contribution in [1.82, 2.24) is 29.7 Å². The lowest BCUT2D eigenvalue weighted by molar-refractivity contribution is -0.134. The summed E-state index contributed by atoms with van der Waals surface area (Å²) in [4.78, 5) is 14.4. The molecular formula is C21H24N6O. The van der Waals surface area contributed by atoms with E-state index in [-0.39, 0.29) is 0 Å². The van der Waals surface area contributed by atoms with Gasteiger partial charge < -0.3 is 4.90 Å². The number of hydrogen-bond acceptors (Lipinski definition) is 4. The molecule has 3 heterocycles. The van der Waals surface area contributed by atoms with Crippen LogP contribution in [0.2, 0.25) is 0 Å². The second-order valence-electron chi connectivity index (χ2n) is 7.89. The SMILES string of the molecule is O=C(C1CC1)N1CCC[C@H](Cn2cc(-c3ccc(-n4cccn4)cc3)nn2)C1. The Bertz CT molecular complexity index is 942. The van der Waals surface area contributed by atoms with Crippen molar-refractivity contribution in [3.63, 3.8) is 0 Å². The van der Waals surface area contributed by atoms with Crippen molar-refractivity contribution in [2.24, 2.45) is 11.8 Å². The molecule has 1 aliphatic carbocycles. The first-order valence-corrected chi connectivity index (χ1v) is 10.1. The molecule has 2 aliphatic rings. The third-order valence-electron chi connectivity index (χ3n) is 5.67. The van der Waals surface area contributed by atoms with E-state index in [9.17, 15) is 4.79 Å². The molecule has 2 aromatic heterocycles. The Balaban J connectivity index is 1.24. The number of carbonyl (C=O) groups excluding carboxylic acids is 1. The van der Waals surface area contributed by atoms with Gasteiger partial charge in [0.1, 0.15) is 5.69 Å². The summed E-state index contributed by atoms with van der Waals surface area (Å²) in [7, 11) is 0. The Morgan fingerprint density at radius 1 is 1.14 bits per heavy atom. The molecule has 28 heavy (non-hydrogen) atoms. The highest BCUT2D eigenvalue weighted by molar-refractivity contribution is 5.81. The van der Waals surface area contributed by atoms with Crippen LogP contribution in [0.25, 0.3) is 16.9 Å². The minimum absolute atomic E-state index is 0.307. The molecule has 1 aromatic carbocycles. The van der Waals surface area contributed by atoms with Crippen LogP contribution in [0.1, 0.15) is 25.7 Å². The molecule has 2 fully saturated rings. The number of amides is 1. The van der Waals surface area contributed by atoms with Gasteiger partial charge in [-0.05, 0) is 49.8 Å². The molecule has 3 aromatic rings. The summed E-state index contributed by atoms with van der Waals surface area (Å²) < 4.78 is 3.75. The second-order valence-corrected chi connectivity index (χ2v) is 7.89. The fourth-order valence-corrected chi connectivity index (χ4v) is 3.99. The van der Waals surface area contributed by atoms with Gasteiger partial charge in [0.25, 0.3) is 0 Å². The second kappa shape index (κ2) is 7.22. The zero-order valence-corrected chi connectivity index (χ0v) is 15.8. The molecule has 0 unspecified atom stereocenters. The first-order valence-electron chi connectivity index (χ1n) is 10.1. The molecule has 1 saturated carbocycles. The van der Waals surface area contributed by atoms with Crippen LogP contribution in [-0.4, -0.2) is 48.7 Å². The Morgan fingerprint density at radius 3 is 2.75 bits per heavy atom. The lowest BCUT2D eigenvalue weighted by Crippen LogP contribution is -2.41. The number of carbonyl (C=O) groups is 1. The van der Waals surface area contributed by atoms with Crippen LogP contribution in [0.3, 0.4) is 0 Å². The van der Waals surface area contributed by atoms with Crippen molar-refractivity contribution >= 4 is 5.91 Å². The third kappa shape index (κ3) is 3.56. The largest absolute Gasteiger partial charge is 0.342 e. The first kappa shape index (κ1) is 17.2. The molecule has 0 bridgehead atoms. The third-order valence-corrected chi connectivity index (χ3v) is 5.67. The molecule has 5 rings (SSSR count). The molecule has 144 valence electrons. The predicted molar refractivity (Wildman–Crippen MR) is 105 cm³/mol. The fraction of sp³-hybridized carbons (Fsp3) is 0.429. The van der Waals surface area contributed by atoms with Gasteiger partial charge in [-0.15, -0.1) is 5.10 Å². The van der Waals surface area contributed by atoms with E-state index in [0.717, 1.165) is 62.3 Å². The van der Waals surface area contributed by atoms with Crippen molar-refractivity contribution in [1.29, 1.82) is 0 Å².